The van der Waals surface area contributed by atoms with Crippen molar-refractivity contribution in [2.45, 2.75) is 13.5 Å². The minimum atomic E-state index is 0.542. The van der Waals surface area contributed by atoms with Crippen molar-refractivity contribution < 1.29 is 9.47 Å². The number of aromatic nitrogens is 1. The van der Waals surface area contributed by atoms with Gasteiger partial charge in [0.05, 0.1) is 25.6 Å². The Balaban J connectivity index is 1.42. The van der Waals surface area contributed by atoms with Gasteiger partial charge in [-0.05, 0) is 12.5 Å². The molecule has 2 fully saturated rings. The Bertz CT molecular complexity index is 851. The first-order valence-electron chi connectivity index (χ1n) is 10.5. The fraction of sp³-hybridized carbons (Fsp3) is 0.500. The van der Waals surface area contributed by atoms with Crippen LogP contribution in [0.15, 0.2) is 46.6 Å². The van der Waals surface area contributed by atoms with E-state index < -0.39 is 0 Å². The summed E-state index contributed by atoms with van der Waals surface area (Å²) in [5, 5.41) is 8.77. The van der Waals surface area contributed by atoms with Crippen molar-refractivity contribution in [3.05, 3.63) is 47.5 Å². The Hall–Kier alpha value is -2.16. The van der Waals surface area contributed by atoms with E-state index in [1.807, 2.05) is 30.0 Å². The maximum absolute atomic E-state index is 6.00. The van der Waals surface area contributed by atoms with Crippen LogP contribution in [-0.4, -0.2) is 67.5 Å². The van der Waals surface area contributed by atoms with E-state index in [1.165, 1.54) is 5.56 Å². The van der Waals surface area contributed by atoms with Crippen molar-refractivity contribution in [2.24, 2.45) is 10.2 Å². The highest BCUT2D eigenvalue weighted by molar-refractivity contribution is 7.99. The molecule has 0 spiro atoms. The normalized spacial score (nSPS) is 17.7. The van der Waals surface area contributed by atoms with Crippen LogP contribution >= 0.6 is 11.8 Å². The van der Waals surface area contributed by atoms with Gasteiger partial charge in [0, 0.05) is 49.8 Å². The van der Waals surface area contributed by atoms with Gasteiger partial charge in [-0.25, -0.2) is 0 Å². The lowest BCUT2D eigenvalue weighted by molar-refractivity contribution is 0.0320. The molecule has 4 rings (SSSR count). The molecule has 3 heterocycles. The number of aryl methyl sites for hydroxylation is 1. The molecule has 2 aromatic rings. The number of hydrogen-bond donors (Lipinski definition) is 0. The first-order valence-corrected chi connectivity index (χ1v) is 11.6. The highest BCUT2D eigenvalue weighted by atomic mass is 32.2. The van der Waals surface area contributed by atoms with E-state index in [-0.39, 0.29) is 0 Å². The molecule has 2 aliphatic heterocycles. The molecule has 1 aromatic carbocycles. The number of thioether (sulfide) groups is 1. The van der Waals surface area contributed by atoms with Crippen LogP contribution in [-0.2, 0) is 11.3 Å². The SMILES string of the molecule is Cc1cccc(CN=Nc2cc(N3CCSC3)cc(OCCN3CCOCC3)n2)c1. The zero-order valence-electron chi connectivity index (χ0n) is 17.5. The molecule has 0 unspecified atom stereocenters. The summed E-state index contributed by atoms with van der Waals surface area (Å²) >= 11 is 1.93. The summed E-state index contributed by atoms with van der Waals surface area (Å²) in [6.07, 6.45) is 0. The van der Waals surface area contributed by atoms with Crippen LogP contribution in [0.3, 0.4) is 0 Å². The van der Waals surface area contributed by atoms with Crippen LogP contribution < -0.4 is 9.64 Å². The number of pyridine rings is 1. The first-order chi connectivity index (χ1) is 14.8. The van der Waals surface area contributed by atoms with Gasteiger partial charge in [0.25, 0.3) is 0 Å². The molecule has 0 bridgehead atoms. The van der Waals surface area contributed by atoms with E-state index in [9.17, 15) is 0 Å². The zero-order valence-corrected chi connectivity index (χ0v) is 18.3. The largest absolute Gasteiger partial charge is 0.476 e. The summed E-state index contributed by atoms with van der Waals surface area (Å²) < 4.78 is 11.4. The number of anilines is 1. The second-order valence-corrected chi connectivity index (χ2v) is 8.59. The van der Waals surface area contributed by atoms with Crippen LogP contribution in [0.4, 0.5) is 11.5 Å². The lowest BCUT2D eigenvalue weighted by atomic mass is 10.1. The molecule has 2 aliphatic rings. The third kappa shape index (κ3) is 6.17. The molecule has 1 aromatic heterocycles. The zero-order chi connectivity index (χ0) is 20.6. The molecule has 0 radical (unpaired) electrons. The molecule has 30 heavy (non-hydrogen) atoms. The number of nitrogens with zero attached hydrogens (tertiary/aromatic N) is 5. The fourth-order valence-electron chi connectivity index (χ4n) is 3.51. The van der Waals surface area contributed by atoms with Gasteiger partial charge in [-0.2, -0.15) is 10.1 Å². The quantitative estimate of drug-likeness (QED) is 0.596. The Kier molecular flexibility index (Phi) is 7.55. The van der Waals surface area contributed by atoms with Gasteiger partial charge in [0.15, 0.2) is 5.82 Å². The summed E-state index contributed by atoms with van der Waals surface area (Å²) in [4.78, 5) is 9.27. The summed E-state index contributed by atoms with van der Waals surface area (Å²) in [6, 6.07) is 12.3. The summed E-state index contributed by atoms with van der Waals surface area (Å²) in [5.74, 6) is 3.33. The standard InChI is InChI=1S/C22H29N5O2S/c1-18-3-2-4-19(13-18)16-23-25-21-14-20(27-8-12-30-17-27)15-22(24-21)29-11-7-26-5-9-28-10-6-26/h2-4,13-15H,5-12,16-17H2,1H3. The van der Waals surface area contributed by atoms with Crippen LogP contribution in [0, 0.1) is 6.92 Å². The Labute approximate surface area is 182 Å². The molecular formula is C22H29N5O2S. The predicted molar refractivity (Wildman–Crippen MR) is 121 cm³/mol. The number of ether oxygens (including phenoxy) is 2. The second kappa shape index (κ2) is 10.7. The molecule has 2 saturated heterocycles. The molecule has 160 valence electrons. The molecule has 8 heteroatoms. The minimum absolute atomic E-state index is 0.542. The van der Waals surface area contributed by atoms with Crippen molar-refractivity contribution in [3.8, 4) is 5.88 Å². The molecular weight excluding hydrogens is 398 g/mol. The maximum atomic E-state index is 6.00. The van der Waals surface area contributed by atoms with Gasteiger partial charge >= 0.3 is 0 Å². The topological polar surface area (TPSA) is 62.5 Å². The fourth-order valence-corrected chi connectivity index (χ4v) is 4.48. The van der Waals surface area contributed by atoms with Crippen LogP contribution in [0.1, 0.15) is 11.1 Å². The first kappa shape index (κ1) is 21.1. The van der Waals surface area contributed by atoms with E-state index in [4.69, 9.17) is 9.47 Å². The van der Waals surface area contributed by atoms with Crippen molar-refractivity contribution in [3.63, 3.8) is 0 Å². The smallest absolute Gasteiger partial charge is 0.217 e. The summed E-state index contributed by atoms with van der Waals surface area (Å²) in [6.45, 7) is 8.64. The lowest BCUT2D eigenvalue weighted by Gasteiger charge is -2.26. The van der Waals surface area contributed by atoms with Gasteiger partial charge in [0.1, 0.15) is 6.61 Å². The number of azo groups is 1. The Morgan fingerprint density at radius 2 is 2.07 bits per heavy atom. The molecule has 0 amide bonds. The third-order valence-corrected chi connectivity index (χ3v) is 6.13. The average molecular weight is 428 g/mol. The summed E-state index contributed by atoms with van der Waals surface area (Å²) in [7, 11) is 0. The molecule has 0 saturated carbocycles. The monoisotopic (exact) mass is 427 g/mol. The second-order valence-electron chi connectivity index (χ2n) is 7.51. The Morgan fingerprint density at radius 1 is 1.17 bits per heavy atom. The van der Waals surface area contributed by atoms with Gasteiger partial charge in [-0.1, -0.05) is 29.8 Å². The molecule has 7 nitrogen and oxygen atoms in total. The molecule has 0 N–H and O–H groups in total. The van der Waals surface area contributed by atoms with E-state index in [0.29, 0.717) is 24.8 Å². The number of benzene rings is 1. The van der Waals surface area contributed by atoms with Gasteiger partial charge in [-0.15, -0.1) is 16.9 Å². The van der Waals surface area contributed by atoms with Gasteiger partial charge < -0.3 is 14.4 Å². The van der Waals surface area contributed by atoms with E-state index >= 15 is 0 Å². The van der Waals surface area contributed by atoms with Crippen molar-refractivity contribution in [1.29, 1.82) is 0 Å². The predicted octanol–water partition coefficient (Wildman–Crippen LogP) is 3.90. The van der Waals surface area contributed by atoms with Gasteiger partial charge in [0.2, 0.25) is 5.88 Å². The van der Waals surface area contributed by atoms with E-state index in [1.54, 1.807) is 0 Å². The lowest BCUT2D eigenvalue weighted by Crippen LogP contribution is -2.38. The molecule has 0 aliphatic carbocycles. The van der Waals surface area contributed by atoms with E-state index in [0.717, 1.165) is 62.3 Å². The maximum Gasteiger partial charge on any atom is 0.217 e. The third-order valence-electron chi connectivity index (χ3n) is 5.16. The van der Waals surface area contributed by atoms with Crippen molar-refractivity contribution in [2.75, 3.05) is 62.5 Å². The average Bonchev–Trinajstić information content (AvgIpc) is 3.30. The minimum Gasteiger partial charge on any atom is -0.476 e. The van der Waals surface area contributed by atoms with Crippen molar-refractivity contribution >= 4 is 23.3 Å². The van der Waals surface area contributed by atoms with Crippen LogP contribution in [0.2, 0.25) is 0 Å². The summed E-state index contributed by atoms with van der Waals surface area (Å²) in [5.41, 5.74) is 3.47. The molecule has 0 atom stereocenters. The van der Waals surface area contributed by atoms with Crippen LogP contribution in [0.5, 0.6) is 5.88 Å². The van der Waals surface area contributed by atoms with Crippen molar-refractivity contribution in [1.82, 2.24) is 9.88 Å². The number of rotatable bonds is 8. The van der Waals surface area contributed by atoms with E-state index in [2.05, 4.69) is 50.1 Å². The Morgan fingerprint density at radius 3 is 2.87 bits per heavy atom. The number of morpholine rings is 1. The van der Waals surface area contributed by atoms with Crippen LogP contribution in [0.25, 0.3) is 0 Å². The highest BCUT2D eigenvalue weighted by Crippen LogP contribution is 2.29. The highest BCUT2D eigenvalue weighted by Gasteiger charge is 2.16. The number of hydrogen-bond acceptors (Lipinski definition) is 8. The van der Waals surface area contributed by atoms with Gasteiger partial charge in [-0.3, -0.25) is 4.90 Å².